The molecule has 2 amide bonds. The summed E-state index contributed by atoms with van der Waals surface area (Å²) in [5.74, 6) is -1.07. The van der Waals surface area contributed by atoms with Gasteiger partial charge in [0, 0.05) is 43.2 Å². The Hall–Kier alpha value is -2.79. The van der Waals surface area contributed by atoms with Crippen molar-refractivity contribution < 1.29 is 23.5 Å². The lowest BCUT2D eigenvalue weighted by atomic mass is 10.0. The average molecular weight is 712 g/mol. The van der Waals surface area contributed by atoms with Crippen molar-refractivity contribution in [3.63, 3.8) is 0 Å². The number of nitrogens with one attached hydrogen (secondary N) is 1. The summed E-state index contributed by atoms with van der Waals surface area (Å²) in [6.07, 6.45) is 3.79. The molecule has 2 heterocycles. The first kappa shape index (κ1) is 34.5. The summed E-state index contributed by atoms with van der Waals surface area (Å²) in [6, 6.07) is 8.49. The quantitative estimate of drug-likeness (QED) is 0.217. The van der Waals surface area contributed by atoms with Crippen molar-refractivity contribution in [2.75, 3.05) is 24.5 Å². The Bertz CT molecular complexity index is 1580. The van der Waals surface area contributed by atoms with Crippen molar-refractivity contribution in [1.29, 1.82) is 0 Å². The molecule has 2 aromatic carbocycles. The van der Waals surface area contributed by atoms with Crippen molar-refractivity contribution >= 4 is 63.3 Å². The van der Waals surface area contributed by atoms with Crippen LogP contribution in [0.25, 0.3) is 0 Å². The monoisotopic (exact) mass is 710 g/mol. The Balaban J connectivity index is 1.29. The summed E-state index contributed by atoms with van der Waals surface area (Å²) < 4.78 is 25.9. The zero-order valence-corrected chi connectivity index (χ0v) is 29.3. The maximum Gasteiger partial charge on any atom is 0.407 e. The lowest BCUT2D eigenvalue weighted by molar-refractivity contribution is -0.136. The van der Waals surface area contributed by atoms with E-state index in [0.717, 1.165) is 34.0 Å². The lowest BCUT2D eigenvalue weighted by Crippen LogP contribution is -2.44. The maximum atomic E-state index is 14.4. The fourth-order valence-electron chi connectivity index (χ4n) is 5.31. The third-order valence-electron chi connectivity index (χ3n) is 7.82. The molecule has 0 bridgehead atoms. The van der Waals surface area contributed by atoms with Gasteiger partial charge in [0.1, 0.15) is 11.7 Å². The predicted octanol–water partition coefficient (Wildman–Crippen LogP) is 8.08. The molecule has 1 aliphatic carbocycles. The van der Waals surface area contributed by atoms with E-state index in [-0.39, 0.29) is 35.4 Å². The van der Waals surface area contributed by atoms with Gasteiger partial charge in [0.05, 0.1) is 27.5 Å². The number of nitrogens with zero attached hydrogens (tertiary/aromatic N) is 3. The highest BCUT2D eigenvalue weighted by Gasteiger charge is 2.37. The van der Waals surface area contributed by atoms with Gasteiger partial charge in [0.25, 0.3) is 0 Å². The van der Waals surface area contributed by atoms with Crippen LogP contribution in [0.15, 0.2) is 36.5 Å². The first-order chi connectivity index (χ1) is 21.8. The van der Waals surface area contributed by atoms with E-state index in [0.29, 0.717) is 42.5 Å². The number of thiazole rings is 1. The minimum Gasteiger partial charge on any atom is -0.484 e. The fourth-order valence-corrected chi connectivity index (χ4v) is 6.92. The molecule has 2 atom stereocenters. The van der Waals surface area contributed by atoms with Gasteiger partial charge in [-0.1, -0.05) is 53.0 Å². The minimum atomic E-state index is -0.673. The first-order valence-electron chi connectivity index (χ1n) is 15.3. The van der Waals surface area contributed by atoms with Crippen LogP contribution < -0.4 is 15.0 Å². The summed E-state index contributed by atoms with van der Waals surface area (Å²) in [4.78, 5) is 36.2. The van der Waals surface area contributed by atoms with Gasteiger partial charge in [-0.05, 0) is 70.2 Å². The van der Waals surface area contributed by atoms with Crippen LogP contribution in [0.5, 0.6) is 5.75 Å². The Morgan fingerprint density at radius 3 is 2.63 bits per heavy atom. The smallest absolute Gasteiger partial charge is 0.407 e. The van der Waals surface area contributed by atoms with E-state index in [1.54, 1.807) is 39.1 Å². The van der Waals surface area contributed by atoms with Gasteiger partial charge in [-0.3, -0.25) is 4.79 Å². The average Bonchev–Trinajstić information content (AvgIpc) is 3.54. The van der Waals surface area contributed by atoms with Gasteiger partial charge in [-0.25, -0.2) is 14.2 Å². The van der Waals surface area contributed by atoms with Gasteiger partial charge < -0.3 is 24.6 Å². The summed E-state index contributed by atoms with van der Waals surface area (Å²) >= 11 is 20.6. The zero-order valence-electron chi connectivity index (χ0n) is 26.2. The van der Waals surface area contributed by atoms with Crippen LogP contribution in [-0.2, 0) is 22.5 Å². The molecule has 3 aromatic rings. The largest absolute Gasteiger partial charge is 0.484 e. The molecular formula is C33H38Cl3FN4O4S. The van der Waals surface area contributed by atoms with Gasteiger partial charge in [-0.2, -0.15) is 0 Å². The highest BCUT2D eigenvalue weighted by Crippen LogP contribution is 2.36. The second-order valence-corrected chi connectivity index (χ2v) is 15.0. The number of hydrogen-bond acceptors (Lipinski definition) is 7. The highest BCUT2D eigenvalue weighted by molar-refractivity contribution is 7.15. The second-order valence-electron chi connectivity index (χ2n) is 12.8. The number of anilines is 1. The van der Waals surface area contributed by atoms with Crippen LogP contribution in [0.1, 0.15) is 56.0 Å². The van der Waals surface area contributed by atoms with E-state index in [1.165, 1.54) is 17.4 Å². The van der Waals surface area contributed by atoms with Crippen LogP contribution in [0.2, 0.25) is 15.1 Å². The molecule has 0 spiro atoms. The molecule has 5 rings (SSSR count). The predicted molar refractivity (Wildman–Crippen MR) is 181 cm³/mol. The molecule has 8 nitrogen and oxygen atoms in total. The molecule has 1 aliphatic heterocycles. The standard InChI is InChI=1S/C33H38Cl3FN4O4S/c1-19-8-11-26(37)29(27(19)35)44-23-12-13-40(18-23)31-38-16-24(46-31)14-21(15-39-32(43)45-33(2,3)4)30(42)41(22-9-10-22)17-20-6-5-7-25(34)28(20)36/h5-8,11,16,21-23H,9-10,12-15,17-18H2,1-4H3,(H,39,43)/t21-,23+/m0/s1. The molecule has 2 aliphatic rings. The number of alkyl carbamates (subject to hydrolysis) is 1. The van der Waals surface area contributed by atoms with Crippen LogP contribution >= 0.6 is 46.1 Å². The van der Waals surface area contributed by atoms with E-state index < -0.39 is 23.4 Å². The molecule has 1 saturated carbocycles. The molecule has 0 unspecified atom stereocenters. The number of carbonyl (C=O) groups excluding carboxylic acids is 2. The van der Waals surface area contributed by atoms with Crippen LogP contribution in [-0.4, -0.2) is 59.3 Å². The number of carbonyl (C=O) groups is 2. The summed E-state index contributed by atoms with van der Waals surface area (Å²) in [6.45, 7) is 8.79. The lowest BCUT2D eigenvalue weighted by Gasteiger charge is -2.28. The van der Waals surface area contributed by atoms with E-state index >= 15 is 0 Å². The molecular weight excluding hydrogens is 674 g/mol. The first-order valence-corrected chi connectivity index (χ1v) is 17.2. The topological polar surface area (TPSA) is 84.0 Å². The maximum absolute atomic E-state index is 14.4. The number of benzene rings is 2. The molecule has 2 fully saturated rings. The number of hydrogen-bond donors (Lipinski definition) is 1. The van der Waals surface area contributed by atoms with E-state index in [1.807, 2.05) is 24.0 Å². The molecule has 0 radical (unpaired) electrons. The zero-order chi connectivity index (χ0) is 33.2. The Morgan fingerprint density at radius 2 is 1.91 bits per heavy atom. The third kappa shape index (κ3) is 8.76. The minimum absolute atomic E-state index is 0.0754. The normalized spacial score (nSPS) is 17.1. The van der Waals surface area contributed by atoms with Gasteiger partial charge in [-0.15, -0.1) is 11.3 Å². The number of halogens is 4. The number of amides is 2. The summed E-state index contributed by atoms with van der Waals surface area (Å²) in [5.41, 5.74) is 0.845. The van der Waals surface area contributed by atoms with Gasteiger partial charge in [0.15, 0.2) is 16.7 Å². The summed E-state index contributed by atoms with van der Waals surface area (Å²) in [5, 5.41) is 4.73. The molecule has 1 N–H and O–H groups in total. The highest BCUT2D eigenvalue weighted by atomic mass is 35.5. The number of aryl methyl sites for hydroxylation is 1. The summed E-state index contributed by atoms with van der Waals surface area (Å²) in [7, 11) is 0. The second kappa shape index (κ2) is 14.5. The van der Waals surface area contributed by atoms with Gasteiger partial charge in [0.2, 0.25) is 5.91 Å². The molecule has 248 valence electrons. The molecule has 13 heteroatoms. The van der Waals surface area contributed by atoms with Crippen molar-refractivity contribution in [1.82, 2.24) is 15.2 Å². The molecule has 1 aromatic heterocycles. The van der Waals surface area contributed by atoms with Crippen LogP contribution in [0, 0.1) is 18.7 Å². The number of aromatic nitrogens is 1. The fraction of sp³-hybridized carbons (Fsp3) is 0.485. The van der Waals surface area contributed by atoms with Crippen molar-refractivity contribution in [2.24, 2.45) is 5.92 Å². The van der Waals surface area contributed by atoms with Crippen LogP contribution in [0.4, 0.5) is 14.3 Å². The Labute approximate surface area is 288 Å². The van der Waals surface area contributed by atoms with Crippen LogP contribution in [0.3, 0.4) is 0 Å². The van der Waals surface area contributed by atoms with E-state index in [2.05, 4.69) is 15.2 Å². The Morgan fingerprint density at radius 1 is 1.15 bits per heavy atom. The molecule has 46 heavy (non-hydrogen) atoms. The number of rotatable bonds is 11. The third-order valence-corrected chi connectivity index (χ3v) is 10.2. The van der Waals surface area contributed by atoms with E-state index in [9.17, 15) is 14.0 Å². The van der Waals surface area contributed by atoms with Crippen molar-refractivity contribution in [3.05, 3.63) is 73.4 Å². The SMILES string of the molecule is Cc1ccc(F)c(O[C@@H]2CCN(c3ncc(C[C@@H](CNC(=O)OC(C)(C)C)C(=O)N(Cc4cccc(Cl)c4Cl)C4CC4)s3)C2)c1Cl. The Kier molecular flexibility index (Phi) is 10.9. The van der Waals surface area contributed by atoms with Crippen molar-refractivity contribution in [2.45, 2.75) is 77.7 Å². The number of ether oxygens (including phenoxy) is 2. The van der Waals surface area contributed by atoms with Crippen molar-refractivity contribution in [3.8, 4) is 5.75 Å². The van der Waals surface area contributed by atoms with E-state index in [4.69, 9.17) is 44.3 Å². The van der Waals surface area contributed by atoms with Gasteiger partial charge >= 0.3 is 6.09 Å². The molecule has 1 saturated heterocycles.